The summed E-state index contributed by atoms with van der Waals surface area (Å²) in [6.45, 7) is 3.83. The highest BCUT2D eigenvalue weighted by Crippen LogP contribution is 2.35. The summed E-state index contributed by atoms with van der Waals surface area (Å²) in [5, 5.41) is 4.38. The van der Waals surface area contributed by atoms with Gasteiger partial charge in [-0.05, 0) is 70.1 Å². The number of rotatable bonds is 3. The Kier molecular flexibility index (Phi) is 4.33. The summed E-state index contributed by atoms with van der Waals surface area (Å²) in [5.41, 5.74) is 2.22. The van der Waals surface area contributed by atoms with Crippen molar-refractivity contribution in [1.29, 1.82) is 0 Å². The highest BCUT2D eigenvalue weighted by molar-refractivity contribution is 5.80. The zero-order valence-corrected chi connectivity index (χ0v) is 14.3. The molecule has 130 valence electrons. The Labute approximate surface area is 142 Å². The van der Waals surface area contributed by atoms with Crippen molar-refractivity contribution in [3.63, 3.8) is 0 Å². The molecule has 0 amide bonds. The Morgan fingerprint density at radius 3 is 2.96 bits per heavy atom. The fourth-order valence-corrected chi connectivity index (χ4v) is 4.26. The van der Waals surface area contributed by atoms with E-state index < -0.39 is 0 Å². The minimum atomic E-state index is -0.182. The van der Waals surface area contributed by atoms with Crippen LogP contribution in [0.5, 0.6) is 0 Å². The third kappa shape index (κ3) is 3.21. The number of nitrogens with zero attached hydrogens (tertiary/aromatic N) is 1. The van der Waals surface area contributed by atoms with E-state index in [4.69, 9.17) is 4.74 Å². The van der Waals surface area contributed by atoms with Gasteiger partial charge in [0.2, 0.25) is 0 Å². The number of piperidine rings is 1. The van der Waals surface area contributed by atoms with Crippen LogP contribution in [-0.4, -0.2) is 48.3 Å². The highest BCUT2D eigenvalue weighted by Gasteiger charge is 2.39. The third-order valence-corrected chi connectivity index (χ3v) is 5.66. The first kappa shape index (κ1) is 16.1. The van der Waals surface area contributed by atoms with Gasteiger partial charge in [-0.2, -0.15) is 0 Å². The Hall–Kier alpha value is -1.43. The first-order valence-electron chi connectivity index (χ1n) is 8.96. The molecule has 2 saturated heterocycles. The largest absolute Gasteiger partial charge is 0.375 e. The number of aromatic nitrogens is 1. The van der Waals surface area contributed by atoms with Gasteiger partial charge in [-0.3, -0.25) is 4.90 Å². The summed E-state index contributed by atoms with van der Waals surface area (Å²) >= 11 is 0. The van der Waals surface area contributed by atoms with Crippen LogP contribution in [0, 0.1) is 5.82 Å². The minimum Gasteiger partial charge on any atom is -0.375 e. The van der Waals surface area contributed by atoms with Gasteiger partial charge in [-0.1, -0.05) is 0 Å². The van der Waals surface area contributed by atoms with Gasteiger partial charge in [0.25, 0.3) is 0 Å². The van der Waals surface area contributed by atoms with Crippen LogP contribution >= 0.6 is 0 Å². The maximum Gasteiger partial charge on any atom is 0.123 e. The van der Waals surface area contributed by atoms with Crippen molar-refractivity contribution in [3.8, 4) is 0 Å². The summed E-state index contributed by atoms with van der Waals surface area (Å²) in [4.78, 5) is 5.84. The molecule has 4 nitrogen and oxygen atoms in total. The molecule has 2 N–H and O–H groups in total. The van der Waals surface area contributed by atoms with E-state index in [9.17, 15) is 4.39 Å². The van der Waals surface area contributed by atoms with Crippen LogP contribution in [0.25, 0.3) is 10.9 Å². The zero-order chi connectivity index (χ0) is 16.6. The van der Waals surface area contributed by atoms with E-state index in [0.717, 1.165) is 68.5 Å². The van der Waals surface area contributed by atoms with Crippen molar-refractivity contribution in [3.05, 3.63) is 35.8 Å². The predicted octanol–water partition coefficient (Wildman–Crippen LogP) is 3.04. The van der Waals surface area contributed by atoms with Gasteiger partial charge >= 0.3 is 0 Å². The van der Waals surface area contributed by atoms with Crippen LogP contribution in [0.4, 0.5) is 4.39 Å². The Bertz CT molecular complexity index is 702. The normalized spacial score (nSPS) is 24.0. The number of aromatic amines is 1. The average molecular weight is 331 g/mol. The number of benzene rings is 1. The molecule has 5 heteroatoms. The maximum atomic E-state index is 13.4. The lowest BCUT2D eigenvalue weighted by Crippen LogP contribution is -2.52. The summed E-state index contributed by atoms with van der Waals surface area (Å²) in [5.74, 6) is -0.182. The van der Waals surface area contributed by atoms with Crippen molar-refractivity contribution in [1.82, 2.24) is 15.2 Å². The second kappa shape index (κ2) is 6.47. The molecular weight excluding hydrogens is 305 g/mol. The molecule has 24 heavy (non-hydrogen) atoms. The SMILES string of the molecule is CN(Cc1cc2cc(F)ccc2[nH]1)C1CCOC2(CCNCC2)C1. The monoisotopic (exact) mass is 331 g/mol. The molecule has 3 heterocycles. The second-order valence-electron chi connectivity index (χ2n) is 7.37. The number of hydrogen-bond acceptors (Lipinski definition) is 3. The van der Waals surface area contributed by atoms with Crippen molar-refractivity contribution >= 4 is 10.9 Å². The second-order valence-corrected chi connectivity index (χ2v) is 7.37. The van der Waals surface area contributed by atoms with Gasteiger partial charge in [0.1, 0.15) is 5.82 Å². The molecule has 1 aromatic heterocycles. The zero-order valence-electron chi connectivity index (χ0n) is 14.3. The lowest BCUT2D eigenvalue weighted by molar-refractivity contribution is -0.119. The fraction of sp³-hybridized carbons (Fsp3) is 0.579. The van der Waals surface area contributed by atoms with E-state index in [1.807, 2.05) is 6.07 Å². The Balaban J connectivity index is 1.45. The van der Waals surface area contributed by atoms with E-state index in [2.05, 4.69) is 28.3 Å². The lowest BCUT2D eigenvalue weighted by Gasteiger charge is -2.46. The van der Waals surface area contributed by atoms with Crippen LogP contribution in [0.3, 0.4) is 0 Å². The third-order valence-electron chi connectivity index (χ3n) is 5.66. The van der Waals surface area contributed by atoms with Gasteiger partial charge < -0.3 is 15.0 Å². The molecule has 4 rings (SSSR count). The van der Waals surface area contributed by atoms with Gasteiger partial charge in [-0.25, -0.2) is 4.39 Å². The van der Waals surface area contributed by atoms with Crippen molar-refractivity contribution in [2.45, 2.75) is 43.9 Å². The van der Waals surface area contributed by atoms with Gasteiger partial charge in [-0.15, -0.1) is 0 Å². The molecule has 0 aliphatic carbocycles. The number of ether oxygens (including phenoxy) is 1. The van der Waals surface area contributed by atoms with E-state index in [1.165, 1.54) is 6.07 Å². The molecular formula is C19H26FN3O. The van der Waals surface area contributed by atoms with Crippen molar-refractivity contribution in [2.24, 2.45) is 0 Å². The summed E-state index contributed by atoms with van der Waals surface area (Å²) in [6.07, 6.45) is 4.42. The van der Waals surface area contributed by atoms with Crippen molar-refractivity contribution in [2.75, 3.05) is 26.7 Å². The topological polar surface area (TPSA) is 40.3 Å². The van der Waals surface area contributed by atoms with Crippen LogP contribution in [0.2, 0.25) is 0 Å². The Morgan fingerprint density at radius 1 is 1.29 bits per heavy atom. The number of nitrogens with one attached hydrogen (secondary N) is 2. The molecule has 0 radical (unpaired) electrons. The molecule has 0 bridgehead atoms. The molecule has 1 spiro atoms. The van der Waals surface area contributed by atoms with Gasteiger partial charge in [0.05, 0.1) is 5.60 Å². The van der Waals surface area contributed by atoms with Crippen LogP contribution in [0.1, 0.15) is 31.4 Å². The summed E-state index contributed by atoms with van der Waals surface area (Å²) in [6, 6.07) is 7.51. The standard InChI is InChI=1S/C19H26FN3O/c1-23(13-16-11-14-10-15(20)2-3-18(14)22-16)17-4-9-24-19(12-17)5-7-21-8-6-19/h2-3,10-11,17,21-22H,4-9,12-13H2,1H3. The molecule has 1 unspecified atom stereocenters. The van der Waals surface area contributed by atoms with Crippen molar-refractivity contribution < 1.29 is 9.13 Å². The Morgan fingerprint density at radius 2 is 2.12 bits per heavy atom. The average Bonchev–Trinajstić information content (AvgIpc) is 2.97. The lowest BCUT2D eigenvalue weighted by atomic mass is 9.82. The van der Waals surface area contributed by atoms with Crippen LogP contribution in [-0.2, 0) is 11.3 Å². The summed E-state index contributed by atoms with van der Waals surface area (Å²) in [7, 11) is 2.19. The first-order valence-corrected chi connectivity index (χ1v) is 8.96. The van der Waals surface area contributed by atoms with E-state index in [-0.39, 0.29) is 11.4 Å². The minimum absolute atomic E-state index is 0.0754. The quantitative estimate of drug-likeness (QED) is 0.908. The smallest absolute Gasteiger partial charge is 0.123 e. The molecule has 2 aliphatic rings. The van der Waals surface area contributed by atoms with E-state index in [0.29, 0.717) is 6.04 Å². The summed E-state index contributed by atoms with van der Waals surface area (Å²) < 4.78 is 19.5. The highest BCUT2D eigenvalue weighted by atomic mass is 19.1. The van der Waals surface area contributed by atoms with Gasteiger partial charge in [0, 0.05) is 35.8 Å². The first-order chi connectivity index (χ1) is 11.6. The van der Waals surface area contributed by atoms with Gasteiger partial charge in [0.15, 0.2) is 0 Å². The predicted molar refractivity (Wildman–Crippen MR) is 93.5 cm³/mol. The number of fused-ring (bicyclic) bond motifs is 1. The molecule has 2 fully saturated rings. The molecule has 2 aliphatic heterocycles. The van der Waals surface area contributed by atoms with Crippen LogP contribution < -0.4 is 5.32 Å². The molecule has 0 saturated carbocycles. The number of H-pyrrole nitrogens is 1. The van der Waals surface area contributed by atoms with E-state index in [1.54, 1.807) is 6.07 Å². The fourth-order valence-electron chi connectivity index (χ4n) is 4.26. The number of halogens is 1. The molecule has 2 aromatic rings. The molecule has 1 aromatic carbocycles. The molecule has 1 atom stereocenters. The van der Waals surface area contributed by atoms with Crippen LogP contribution in [0.15, 0.2) is 24.3 Å². The maximum absolute atomic E-state index is 13.4. The number of hydrogen-bond donors (Lipinski definition) is 2. The van der Waals surface area contributed by atoms with E-state index >= 15 is 0 Å².